The van der Waals surface area contributed by atoms with Crippen molar-refractivity contribution >= 4 is 0 Å². The lowest BCUT2D eigenvalue weighted by Crippen LogP contribution is -2.46. The molecule has 4 rings (SSSR count). The van der Waals surface area contributed by atoms with Crippen molar-refractivity contribution in [2.75, 3.05) is 39.4 Å². The topological polar surface area (TPSA) is 48.0 Å². The van der Waals surface area contributed by atoms with Crippen molar-refractivity contribution in [1.29, 1.82) is 0 Å². The number of ether oxygens (including phenoxy) is 1. The molecule has 3 aliphatic rings. The van der Waals surface area contributed by atoms with Gasteiger partial charge in [-0.05, 0) is 30.4 Å². The van der Waals surface area contributed by atoms with Crippen molar-refractivity contribution in [2.24, 2.45) is 0 Å². The Morgan fingerprint density at radius 2 is 1.92 bits per heavy atom. The Labute approximate surface area is 157 Å². The number of hydrogen-bond donors (Lipinski definition) is 2. The second-order valence-corrected chi connectivity index (χ2v) is 8.13. The summed E-state index contributed by atoms with van der Waals surface area (Å²) in [4.78, 5) is 4.98. The minimum absolute atomic E-state index is 0.117. The molecule has 2 aliphatic heterocycles. The van der Waals surface area contributed by atoms with Crippen LogP contribution in [0.5, 0.6) is 0 Å². The van der Waals surface area contributed by atoms with E-state index in [0.29, 0.717) is 12.1 Å². The molecule has 0 bridgehead atoms. The maximum Gasteiger partial charge on any atom is 0.0679 e. The quantitative estimate of drug-likeness (QED) is 0.808. The van der Waals surface area contributed by atoms with Gasteiger partial charge in [0.1, 0.15) is 0 Å². The lowest BCUT2D eigenvalue weighted by atomic mass is 10.1. The van der Waals surface area contributed by atoms with E-state index in [0.717, 1.165) is 58.9 Å². The summed E-state index contributed by atoms with van der Waals surface area (Å²) in [7, 11) is 0. The summed E-state index contributed by atoms with van der Waals surface area (Å²) in [6, 6.07) is 10.2. The summed E-state index contributed by atoms with van der Waals surface area (Å²) in [5.74, 6) is 0. The van der Waals surface area contributed by atoms with Crippen LogP contribution in [0.1, 0.15) is 36.8 Å². The third-order valence-electron chi connectivity index (χ3n) is 6.21. The van der Waals surface area contributed by atoms with E-state index in [1.54, 1.807) is 0 Å². The van der Waals surface area contributed by atoms with E-state index in [4.69, 9.17) is 4.74 Å². The van der Waals surface area contributed by atoms with Gasteiger partial charge in [-0.1, -0.05) is 30.7 Å². The first-order chi connectivity index (χ1) is 12.8. The van der Waals surface area contributed by atoms with E-state index < -0.39 is 0 Å². The van der Waals surface area contributed by atoms with E-state index in [-0.39, 0.29) is 6.10 Å². The third kappa shape index (κ3) is 4.65. The molecular formula is C21H33N3O2. The molecule has 2 N–H and O–H groups in total. The number of nitrogens with zero attached hydrogens (tertiary/aromatic N) is 2. The van der Waals surface area contributed by atoms with E-state index in [2.05, 4.69) is 39.4 Å². The molecule has 3 atom stereocenters. The number of aliphatic hydroxyl groups excluding tert-OH is 1. The molecular weight excluding hydrogens is 326 g/mol. The van der Waals surface area contributed by atoms with Crippen LogP contribution in [0, 0.1) is 0 Å². The highest BCUT2D eigenvalue weighted by Crippen LogP contribution is 2.27. The molecule has 2 heterocycles. The van der Waals surface area contributed by atoms with E-state index in [9.17, 15) is 5.11 Å². The van der Waals surface area contributed by atoms with Crippen molar-refractivity contribution in [3.63, 3.8) is 0 Å². The zero-order chi connectivity index (χ0) is 17.8. The Balaban J connectivity index is 1.30. The number of nitrogens with one attached hydrogen (secondary N) is 1. The number of β-amino-alcohol motifs (C(OH)–C–C–N with tert-alkyl or cyclic N) is 1. The minimum atomic E-state index is -0.117. The highest BCUT2D eigenvalue weighted by atomic mass is 16.5. The molecule has 0 spiro atoms. The number of hydrogen-bond acceptors (Lipinski definition) is 5. The summed E-state index contributed by atoms with van der Waals surface area (Å²) in [5.41, 5.74) is 2.78. The highest BCUT2D eigenvalue weighted by molar-refractivity contribution is 5.23. The van der Waals surface area contributed by atoms with E-state index in [1.807, 2.05) is 0 Å². The van der Waals surface area contributed by atoms with Crippen LogP contribution in [0.25, 0.3) is 0 Å². The summed E-state index contributed by atoms with van der Waals surface area (Å²) in [6.07, 6.45) is 4.64. The zero-order valence-corrected chi connectivity index (χ0v) is 15.8. The molecule has 26 heavy (non-hydrogen) atoms. The maximum absolute atomic E-state index is 9.85. The molecule has 1 unspecified atom stereocenters. The van der Waals surface area contributed by atoms with Gasteiger partial charge in [-0.3, -0.25) is 9.80 Å². The standard InChI is InChI=1S/C21H33N3O2/c25-19-7-8-24(16-19)21-6-2-5-20(21)22-14-17-3-1-4-18(13-17)15-23-9-11-26-12-10-23/h1,3-4,13,19-22,25H,2,5-12,14-16H2/t19?,20-,21+/m1/s1. The Morgan fingerprint density at radius 3 is 2.73 bits per heavy atom. The molecule has 0 amide bonds. The van der Waals surface area contributed by atoms with Crippen LogP contribution in [0.2, 0.25) is 0 Å². The predicted molar refractivity (Wildman–Crippen MR) is 103 cm³/mol. The molecule has 0 aromatic heterocycles. The van der Waals surface area contributed by atoms with Crippen molar-refractivity contribution in [3.05, 3.63) is 35.4 Å². The molecule has 5 heteroatoms. The first kappa shape index (κ1) is 18.4. The van der Waals surface area contributed by atoms with Gasteiger partial charge >= 0.3 is 0 Å². The SMILES string of the molecule is OC1CCN([C@H]2CCC[C@H]2NCc2cccc(CN3CCOCC3)c2)C1. The third-order valence-corrected chi connectivity index (χ3v) is 6.21. The predicted octanol–water partition coefficient (Wildman–Crippen LogP) is 1.60. The van der Waals surface area contributed by atoms with Crippen molar-refractivity contribution < 1.29 is 9.84 Å². The van der Waals surface area contributed by atoms with Crippen LogP contribution < -0.4 is 5.32 Å². The van der Waals surface area contributed by atoms with Crippen LogP contribution in [0.15, 0.2) is 24.3 Å². The van der Waals surface area contributed by atoms with Crippen LogP contribution >= 0.6 is 0 Å². The van der Waals surface area contributed by atoms with Crippen LogP contribution in [-0.4, -0.2) is 72.5 Å². The molecule has 144 valence electrons. The average molecular weight is 360 g/mol. The molecule has 1 aromatic rings. The van der Waals surface area contributed by atoms with Gasteiger partial charge in [-0.2, -0.15) is 0 Å². The second-order valence-electron chi connectivity index (χ2n) is 8.13. The molecule has 5 nitrogen and oxygen atoms in total. The van der Waals surface area contributed by atoms with Gasteiger partial charge in [0.25, 0.3) is 0 Å². The molecule has 3 fully saturated rings. The Morgan fingerprint density at radius 1 is 1.08 bits per heavy atom. The summed E-state index contributed by atoms with van der Waals surface area (Å²) < 4.78 is 5.44. The Kier molecular flexibility index (Phi) is 6.23. The number of benzene rings is 1. The fourth-order valence-electron chi connectivity index (χ4n) is 4.79. The highest BCUT2D eigenvalue weighted by Gasteiger charge is 2.35. The second kappa shape index (κ2) is 8.81. The van der Waals surface area contributed by atoms with Gasteiger partial charge in [0.05, 0.1) is 19.3 Å². The fraction of sp³-hybridized carbons (Fsp3) is 0.714. The van der Waals surface area contributed by atoms with Crippen LogP contribution in [0.3, 0.4) is 0 Å². The first-order valence-corrected chi connectivity index (χ1v) is 10.3. The van der Waals surface area contributed by atoms with Gasteiger partial charge < -0.3 is 15.2 Å². The zero-order valence-electron chi connectivity index (χ0n) is 15.8. The van der Waals surface area contributed by atoms with E-state index in [1.165, 1.54) is 30.4 Å². The first-order valence-electron chi connectivity index (χ1n) is 10.3. The summed E-state index contributed by atoms with van der Waals surface area (Å²) in [6.45, 7) is 7.66. The van der Waals surface area contributed by atoms with Gasteiger partial charge in [-0.15, -0.1) is 0 Å². The van der Waals surface area contributed by atoms with Crippen LogP contribution in [0.4, 0.5) is 0 Å². The summed E-state index contributed by atoms with van der Waals surface area (Å²) in [5, 5.41) is 13.7. The van der Waals surface area contributed by atoms with Crippen LogP contribution in [-0.2, 0) is 17.8 Å². The lowest BCUT2D eigenvalue weighted by molar-refractivity contribution is 0.0342. The minimum Gasteiger partial charge on any atom is -0.392 e. The lowest BCUT2D eigenvalue weighted by Gasteiger charge is -2.30. The van der Waals surface area contributed by atoms with Crippen molar-refractivity contribution in [2.45, 2.75) is 57.0 Å². The monoisotopic (exact) mass is 359 g/mol. The number of aliphatic hydroxyl groups is 1. The number of rotatable bonds is 6. The largest absolute Gasteiger partial charge is 0.392 e. The summed E-state index contributed by atoms with van der Waals surface area (Å²) >= 11 is 0. The van der Waals surface area contributed by atoms with Gasteiger partial charge in [0.2, 0.25) is 0 Å². The number of morpholine rings is 1. The molecule has 1 saturated carbocycles. The molecule has 1 aliphatic carbocycles. The van der Waals surface area contributed by atoms with E-state index >= 15 is 0 Å². The van der Waals surface area contributed by atoms with Crippen molar-refractivity contribution in [1.82, 2.24) is 15.1 Å². The maximum atomic E-state index is 9.85. The fourth-order valence-corrected chi connectivity index (χ4v) is 4.79. The van der Waals surface area contributed by atoms with Crippen molar-refractivity contribution in [3.8, 4) is 0 Å². The smallest absolute Gasteiger partial charge is 0.0679 e. The Hall–Kier alpha value is -0.980. The Bertz CT molecular complexity index is 576. The van der Waals surface area contributed by atoms with Gasteiger partial charge in [0.15, 0.2) is 0 Å². The van der Waals surface area contributed by atoms with Gasteiger partial charge in [0, 0.05) is 51.4 Å². The average Bonchev–Trinajstić information content (AvgIpc) is 3.30. The molecule has 2 saturated heterocycles. The normalized spacial score (nSPS) is 30.9. The number of likely N-dealkylation sites (tertiary alicyclic amines) is 1. The molecule has 0 radical (unpaired) electrons. The van der Waals surface area contributed by atoms with Gasteiger partial charge in [-0.25, -0.2) is 0 Å². The molecule has 1 aromatic carbocycles.